The molecule has 0 saturated heterocycles. The minimum absolute atomic E-state index is 0.318. The Labute approximate surface area is 97.6 Å². The topological polar surface area (TPSA) is 46.5 Å². The van der Waals surface area contributed by atoms with Crippen molar-refractivity contribution >= 4 is 28.9 Å². The minimum Gasteiger partial charge on any atom is -0.462 e. The molecule has 0 saturated carbocycles. The molecular weight excluding hydrogens is 236 g/mol. The van der Waals surface area contributed by atoms with E-state index in [0.717, 1.165) is 0 Å². The highest BCUT2D eigenvalue weighted by atomic mass is 35.5. The zero-order chi connectivity index (χ0) is 11.4. The molecule has 0 fully saturated rings. The predicted molar refractivity (Wildman–Crippen MR) is 60.5 cm³/mol. The molecule has 1 aromatic rings. The lowest BCUT2D eigenvalue weighted by Gasteiger charge is -2.02. The summed E-state index contributed by atoms with van der Waals surface area (Å²) in [5, 5.41) is 9.93. The van der Waals surface area contributed by atoms with Crippen molar-refractivity contribution in [2.45, 2.75) is 26.4 Å². The van der Waals surface area contributed by atoms with E-state index in [1.807, 2.05) is 6.92 Å². The smallest absolute Gasteiger partial charge is 0.349 e. The fourth-order valence-corrected chi connectivity index (χ4v) is 2.48. The second-order valence-electron chi connectivity index (χ2n) is 2.97. The SMILES string of the molecule is CCOC(=O)c1sc(C(O)CC)cc1Cl. The van der Waals surface area contributed by atoms with E-state index in [0.29, 0.717) is 27.8 Å². The number of aliphatic hydroxyl groups is 1. The van der Waals surface area contributed by atoms with E-state index in [1.165, 1.54) is 11.3 Å². The minimum atomic E-state index is -0.560. The zero-order valence-electron chi connectivity index (χ0n) is 8.62. The fraction of sp³-hybridized carbons (Fsp3) is 0.500. The van der Waals surface area contributed by atoms with Crippen LogP contribution in [0, 0.1) is 0 Å². The number of esters is 1. The summed E-state index contributed by atoms with van der Waals surface area (Å²) in [7, 11) is 0. The van der Waals surface area contributed by atoms with Crippen LogP contribution in [0.15, 0.2) is 6.07 Å². The van der Waals surface area contributed by atoms with Crippen molar-refractivity contribution in [3.8, 4) is 0 Å². The largest absolute Gasteiger partial charge is 0.462 e. The second-order valence-corrected chi connectivity index (χ2v) is 4.46. The van der Waals surface area contributed by atoms with Crippen molar-refractivity contribution in [1.29, 1.82) is 0 Å². The molecule has 1 N–H and O–H groups in total. The molecule has 0 spiro atoms. The first-order valence-corrected chi connectivity index (χ1v) is 5.94. The van der Waals surface area contributed by atoms with Gasteiger partial charge in [-0.2, -0.15) is 0 Å². The third-order valence-corrected chi connectivity index (χ3v) is 3.51. The number of carbonyl (C=O) groups is 1. The number of hydrogen-bond acceptors (Lipinski definition) is 4. The third-order valence-electron chi connectivity index (χ3n) is 1.88. The molecular formula is C10H13ClO3S. The van der Waals surface area contributed by atoms with E-state index in [1.54, 1.807) is 13.0 Å². The van der Waals surface area contributed by atoms with Crippen LogP contribution in [0.4, 0.5) is 0 Å². The molecule has 0 amide bonds. The van der Waals surface area contributed by atoms with Crippen molar-refractivity contribution in [2.24, 2.45) is 0 Å². The Morgan fingerprint density at radius 3 is 2.87 bits per heavy atom. The average Bonchev–Trinajstić information content (AvgIpc) is 2.59. The average molecular weight is 249 g/mol. The van der Waals surface area contributed by atoms with Gasteiger partial charge in [0.1, 0.15) is 4.88 Å². The molecule has 84 valence electrons. The number of aliphatic hydroxyl groups excluding tert-OH is 1. The lowest BCUT2D eigenvalue weighted by molar-refractivity contribution is 0.0532. The zero-order valence-corrected chi connectivity index (χ0v) is 10.2. The standard InChI is InChI=1S/C10H13ClO3S/c1-3-7(12)8-5-6(11)9(15-8)10(13)14-4-2/h5,7,12H,3-4H2,1-2H3. The maximum absolute atomic E-state index is 11.4. The molecule has 5 heteroatoms. The van der Waals surface area contributed by atoms with Gasteiger partial charge < -0.3 is 9.84 Å². The summed E-state index contributed by atoms with van der Waals surface area (Å²) < 4.78 is 4.84. The number of hydrogen-bond donors (Lipinski definition) is 1. The van der Waals surface area contributed by atoms with Gasteiger partial charge in [0.05, 0.1) is 17.7 Å². The molecule has 3 nitrogen and oxygen atoms in total. The highest BCUT2D eigenvalue weighted by Crippen LogP contribution is 2.32. The molecule has 0 aliphatic carbocycles. The predicted octanol–water partition coefficient (Wildman–Crippen LogP) is 3.02. The molecule has 1 heterocycles. The van der Waals surface area contributed by atoms with Crippen LogP contribution in [0.25, 0.3) is 0 Å². The van der Waals surface area contributed by atoms with E-state index in [4.69, 9.17) is 16.3 Å². The Morgan fingerprint density at radius 1 is 1.67 bits per heavy atom. The van der Waals surface area contributed by atoms with Crippen molar-refractivity contribution in [3.63, 3.8) is 0 Å². The lowest BCUT2D eigenvalue weighted by Crippen LogP contribution is -2.02. The lowest BCUT2D eigenvalue weighted by atomic mass is 10.2. The Bertz CT molecular complexity index is 348. The van der Waals surface area contributed by atoms with Gasteiger partial charge in [-0.3, -0.25) is 0 Å². The second kappa shape index (κ2) is 5.49. The van der Waals surface area contributed by atoms with Crippen LogP contribution in [0.2, 0.25) is 5.02 Å². The highest BCUT2D eigenvalue weighted by Gasteiger charge is 2.18. The molecule has 15 heavy (non-hydrogen) atoms. The maximum Gasteiger partial charge on any atom is 0.349 e. The van der Waals surface area contributed by atoms with E-state index >= 15 is 0 Å². The van der Waals surface area contributed by atoms with Crippen LogP contribution >= 0.6 is 22.9 Å². The molecule has 1 unspecified atom stereocenters. The summed E-state index contributed by atoms with van der Waals surface area (Å²) in [6.07, 6.45) is 0.0368. The van der Waals surface area contributed by atoms with E-state index in [-0.39, 0.29) is 0 Å². The summed E-state index contributed by atoms with van der Waals surface area (Å²) in [4.78, 5) is 12.5. The summed E-state index contributed by atoms with van der Waals surface area (Å²) in [5.74, 6) is -0.429. The van der Waals surface area contributed by atoms with Crippen molar-refractivity contribution in [2.75, 3.05) is 6.61 Å². The van der Waals surface area contributed by atoms with Crippen molar-refractivity contribution in [1.82, 2.24) is 0 Å². The van der Waals surface area contributed by atoms with E-state index < -0.39 is 12.1 Å². The Morgan fingerprint density at radius 2 is 2.33 bits per heavy atom. The highest BCUT2D eigenvalue weighted by molar-refractivity contribution is 7.14. The quantitative estimate of drug-likeness (QED) is 0.834. The Hall–Kier alpha value is -0.580. The maximum atomic E-state index is 11.4. The summed E-state index contributed by atoms with van der Waals surface area (Å²) in [6, 6.07) is 1.62. The van der Waals surface area contributed by atoms with Crippen LogP contribution in [-0.2, 0) is 4.74 Å². The van der Waals surface area contributed by atoms with Crippen LogP contribution in [-0.4, -0.2) is 17.7 Å². The van der Waals surface area contributed by atoms with Gasteiger partial charge in [-0.15, -0.1) is 11.3 Å². The first kappa shape index (κ1) is 12.5. The van der Waals surface area contributed by atoms with Crippen LogP contribution in [0.5, 0.6) is 0 Å². The monoisotopic (exact) mass is 248 g/mol. The van der Waals surface area contributed by atoms with Gasteiger partial charge in [-0.05, 0) is 19.4 Å². The van der Waals surface area contributed by atoms with Crippen LogP contribution in [0.3, 0.4) is 0 Å². The summed E-state index contributed by atoms with van der Waals surface area (Å²) in [5.41, 5.74) is 0. The fourth-order valence-electron chi connectivity index (χ4n) is 1.09. The van der Waals surface area contributed by atoms with Gasteiger partial charge in [0.2, 0.25) is 0 Å². The summed E-state index contributed by atoms with van der Waals surface area (Å²) in [6.45, 7) is 3.92. The van der Waals surface area contributed by atoms with Gasteiger partial charge >= 0.3 is 5.97 Å². The van der Waals surface area contributed by atoms with Crippen LogP contribution < -0.4 is 0 Å². The molecule has 1 atom stereocenters. The van der Waals surface area contributed by atoms with Crippen molar-refractivity contribution < 1.29 is 14.6 Å². The third kappa shape index (κ3) is 2.93. The normalized spacial score (nSPS) is 12.5. The molecule has 0 bridgehead atoms. The molecule has 0 aliphatic heterocycles. The Kier molecular flexibility index (Phi) is 4.57. The van der Waals surface area contributed by atoms with E-state index in [9.17, 15) is 9.90 Å². The molecule has 0 radical (unpaired) electrons. The van der Waals surface area contributed by atoms with E-state index in [2.05, 4.69) is 0 Å². The number of ether oxygens (including phenoxy) is 1. The number of carbonyl (C=O) groups excluding carboxylic acids is 1. The van der Waals surface area contributed by atoms with Gasteiger partial charge in [-0.1, -0.05) is 18.5 Å². The Balaban J connectivity index is 2.90. The first-order chi connectivity index (χ1) is 7.10. The van der Waals surface area contributed by atoms with Crippen LogP contribution in [0.1, 0.15) is 40.9 Å². The summed E-state index contributed by atoms with van der Waals surface area (Å²) >= 11 is 7.06. The number of rotatable bonds is 4. The number of halogens is 1. The van der Waals surface area contributed by atoms with Gasteiger partial charge in [0.15, 0.2) is 0 Å². The van der Waals surface area contributed by atoms with Gasteiger partial charge in [-0.25, -0.2) is 4.79 Å². The first-order valence-electron chi connectivity index (χ1n) is 4.74. The molecule has 0 aromatic carbocycles. The number of thiophene rings is 1. The van der Waals surface area contributed by atoms with Crippen molar-refractivity contribution in [3.05, 3.63) is 20.8 Å². The molecule has 0 aliphatic rings. The molecule has 1 rings (SSSR count). The van der Waals surface area contributed by atoms with Gasteiger partial charge in [0.25, 0.3) is 0 Å². The molecule has 1 aromatic heterocycles. The van der Waals surface area contributed by atoms with Gasteiger partial charge in [0, 0.05) is 4.88 Å².